The molecule has 6 rings (SSSR count). The van der Waals surface area contributed by atoms with Crippen molar-refractivity contribution in [3.05, 3.63) is 71.4 Å². The molecule has 1 unspecified atom stereocenters. The summed E-state index contributed by atoms with van der Waals surface area (Å²) in [6, 6.07) is 10.2. The van der Waals surface area contributed by atoms with E-state index in [1.165, 1.54) is 18.7 Å². The smallest absolute Gasteiger partial charge is 0.167 e. The molecule has 0 N–H and O–H groups in total. The molecule has 32 heavy (non-hydrogen) atoms. The first-order chi connectivity index (χ1) is 15.7. The molecule has 1 aromatic carbocycles. The molecule has 4 heterocycles. The summed E-state index contributed by atoms with van der Waals surface area (Å²) in [5, 5.41) is 6.68. The molecule has 4 aromatic heterocycles. The summed E-state index contributed by atoms with van der Waals surface area (Å²) in [6.07, 6.45) is 12.0. The maximum absolute atomic E-state index is 4.94. The van der Waals surface area contributed by atoms with Gasteiger partial charge in [-0.1, -0.05) is 6.07 Å². The standard InChI is InChI=1S/C24H22BrN7/c1-31-10-9-27-23(31)17-5-4-15(11-17)12-21-28-14-19-22(25)30-32(24(19)29-21)18-6-7-20-16(13-18)3-2-8-26-20/h2-3,6-10,13-15,17H,4-5,11-12H2,1H3/t15?,17-/m1/s1. The average molecular weight is 488 g/mol. The Kier molecular flexibility index (Phi) is 4.75. The second-order valence-corrected chi connectivity index (χ2v) is 9.33. The van der Waals surface area contributed by atoms with Crippen molar-refractivity contribution in [2.24, 2.45) is 13.0 Å². The van der Waals surface area contributed by atoms with Crippen molar-refractivity contribution in [3.8, 4) is 5.69 Å². The number of rotatable bonds is 4. The van der Waals surface area contributed by atoms with E-state index in [0.717, 1.165) is 50.9 Å². The van der Waals surface area contributed by atoms with E-state index < -0.39 is 0 Å². The highest BCUT2D eigenvalue weighted by atomic mass is 79.9. The van der Waals surface area contributed by atoms with Crippen LogP contribution in [0.25, 0.3) is 27.6 Å². The minimum Gasteiger partial charge on any atom is -0.338 e. The molecule has 0 saturated heterocycles. The summed E-state index contributed by atoms with van der Waals surface area (Å²) in [7, 11) is 2.08. The van der Waals surface area contributed by atoms with Gasteiger partial charge in [-0.15, -0.1) is 0 Å². The number of hydrogen-bond acceptors (Lipinski definition) is 5. The zero-order chi connectivity index (χ0) is 21.7. The Labute approximate surface area is 193 Å². The lowest BCUT2D eigenvalue weighted by Gasteiger charge is -2.11. The second kappa shape index (κ2) is 7.78. The second-order valence-electron chi connectivity index (χ2n) is 8.58. The van der Waals surface area contributed by atoms with Crippen LogP contribution in [0.4, 0.5) is 0 Å². The van der Waals surface area contributed by atoms with Gasteiger partial charge in [-0.3, -0.25) is 4.98 Å². The van der Waals surface area contributed by atoms with Gasteiger partial charge in [0.05, 0.1) is 16.6 Å². The largest absolute Gasteiger partial charge is 0.338 e. The molecular weight excluding hydrogens is 466 g/mol. The number of fused-ring (bicyclic) bond motifs is 2. The first-order valence-corrected chi connectivity index (χ1v) is 11.7. The number of aryl methyl sites for hydroxylation is 1. The highest BCUT2D eigenvalue weighted by Crippen LogP contribution is 2.38. The Morgan fingerprint density at radius 2 is 2.03 bits per heavy atom. The van der Waals surface area contributed by atoms with Crippen LogP contribution in [-0.2, 0) is 13.5 Å². The monoisotopic (exact) mass is 487 g/mol. The van der Waals surface area contributed by atoms with Crippen molar-refractivity contribution in [2.75, 3.05) is 0 Å². The van der Waals surface area contributed by atoms with Crippen molar-refractivity contribution in [2.45, 2.75) is 31.6 Å². The Balaban J connectivity index is 1.31. The minimum absolute atomic E-state index is 0.523. The number of pyridine rings is 1. The third-order valence-electron chi connectivity index (χ3n) is 6.50. The molecule has 5 aromatic rings. The van der Waals surface area contributed by atoms with Gasteiger partial charge in [0.15, 0.2) is 5.65 Å². The summed E-state index contributed by atoms with van der Waals surface area (Å²) in [4.78, 5) is 18.6. The van der Waals surface area contributed by atoms with E-state index in [2.05, 4.69) is 54.6 Å². The molecule has 160 valence electrons. The average Bonchev–Trinajstić information content (AvgIpc) is 3.52. The number of imidazole rings is 1. The van der Waals surface area contributed by atoms with Gasteiger partial charge in [0, 0.05) is 49.6 Å². The molecule has 0 aliphatic heterocycles. The van der Waals surface area contributed by atoms with Crippen LogP contribution in [0, 0.1) is 5.92 Å². The summed E-state index contributed by atoms with van der Waals surface area (Å²) in [6.45, 7) is 0. The summed E-state index contributed by atoms with van der Waals surface area (Å²) in [5.41, 5.74) is 2.75. The Morgan fingerprint density at radius 3 is 2.91 bits per heavy atom. The quantitative estimate of drug-likeness (QED) is 0.357. The lowest BCUT2D eigenvalue weighted by molar-refractivity contribution is 0.514. The molecule has 7 nitrogen and oxygen atoms in total. The van der Waals surface area contributed by atoms with Crippen LogP contribution in [0.1, 0.15) is 36.8 Å². The van der Waals surface area contributed by atoms with Gasteiger partial charge in [-0.05, 0) is 65.4 Å². The maximum Gasteiger partial charge on any atom is 0.167 e. The first kappa shape index (κ1) is 19.5. The zero-order valence-electron chi connectivity index (χ0n) is 17.7. The van der Waals surface area contributed by atoms with Crippen molar-refractivity contribution < 1.29 is 0 Å². The topological polar surface area (TPSA) is 74.3 Å². The van der Waals surface area contributed by atoms with E-state index in [-0.39, 0.29) is 0 Å². The molecule has 8 heteroatoms. The van der Waals surface area contributed by atoms with Crippen LogP contribution >= 0.6 is 15.9 Å². The fourth-order valence-corrected chi connectivity index (χ4v) is 5.34. The SMILES string of the molecule is Cn1ccnc1[C@@H]1CCC(Cc2ncc3c(Br)nn(-c4ccc5ncccc5c4)c3n2)C1. The van der Waals surface area contributed by atoms with Gasteiger partial charge < -0.3 is 4.57 Å². The van der Waals surface area contributed by atoms with Gasteiger partial charge >= 0.3 is 0 Å². The van der Waals surface area contributed by atoms with Gasteiger partial charge in [-0.25, -0.2) is 19.6 Å². The molecule has 0 radical (unpaired) electrons. The highest BCUT2D eigenvalue weighted by Gasteiger charge is 2.29. The van der Waals surface area contributed by atoms with Crippen LogP contribution in [0.2, 0.25) is 0 Å². The third kappa shape index (κ3) is 3.39. The number of halogens is 1. The fraction of sp³-hybridized carbons (Fsp3) is 0.292. The van der Waals surface area contributed by atoms with Crippen molar-refractivity contribution in [1.82, 2.24) is 34.3 Å². The summed E-state index contributed by atoms with van der Waals surface area (Å²) < 4.78 is 4.79. The number of benzene rings is 1. The third-order valence-corrected chi connectivity index (χ3v) is 7.08. The van der Waals surface area contributed by atoms with Crippen molar-refractivity contribution in [3.63, 3.8) is 0 Å². The minimum atomic E-state index is 0.523. The van der Waals surface area contributed by atoms with E-state index in [1.807, 2.05) is 47.7 Å². The molecule has 2 atom stereocenters. The molecule has 1 fully saturated rings. The van der Waals surface area contributed by atoms with Gasteiger partial charge in [0.1, 0.15) is 16.3 Å². The lowest BCUT2D eigenvalue weighted by atomic mass is 10.0. The molecule has 0 bridgehead atoms. The van der Waals surface area contributed by atoms with E-state index in [9.17, 15) is 0 Å². The predicted molar refractivity (Wildman–Crippen MR) is 127 cm³/mol. The number of nitrogens with zero attached hydrogens (tertiary/aromatic N) is 7. The van der Waals surface area contributed by atoms with Crippen LogP contribution in [-0.4, -0.2) is 34.3 Å². The van der Waals surface area contributed by atoms with Gasteiger partial charge in [0.2, 0.25) is 0 Å². The number of aromatic nitrogens is 7. The molecule has 0 spiro atoms. The Hall–Kier alpha value is -3.13. The Morgan fingerprint density at radius 1 is 1.09 bits per heavy atom. The lowest BCUT2D eigenvalue weighted by Crippen LogP contribution is -2.07. The van der Waals surface area contributed by atoms with Crippen molar-refractivity contribution in [1.29, 1.82) is 0 Å². The first-order valence-electron chi connectivity index (χ1n) is 10.9. The fourth-order valence-electron chi connectivity index (χ4n) is 4.90. The van der Waals surface area contributed by atoms with Crippen LogP contribution < -0.4 is 0 Å². The summed E-state index contributed by atoms with van der Waals surface area (Å²) in [5.74, 6) is 3.16. The Bertz CT molecular complexity index is 1440. The van der Waals surface area contributed by atoms with Crippen molar-refractivity contribution >= 4 is 37.9 Å². The molecule has 1 aliphatic carbocycles. The van der Waals surface area contributed by atoms with E-state index in [4.69, 9.17) is 10.1 Å². The number of hydrogen-bond donors (Lipinski definition) is 0. The van der Waals surface area contributed by atoms with Gasteiger partial charge in [-0.2, -0.15) is 5.10 Å². The summed E-state index contributed by atoms with van der Waals surface area (Å²) >= 11 is 3.58. The van der Waals surface area contributed by atoms with E-state index in [1.54, 1.807) is 0 Å². The highest BCUT2D eigenvalue weighted by molar-refractivity contribution is 9.10. The molecule has 1 saturated carbocycles. The molecular formula is C24H22BrN7. The van der Waals surface area contributed by atoms with Crippen LogP contribution in [0.3, 0.4) is 0 Å². The van der Waals surface area contributed by atoms with Gasteiger partial charge in [0.25, 0.3) is 0 Å². The molecule has 1 aliphatic rings. The van der Waals surface area contributed by atoms with Crippen LogP contribution in [0.5, 0.6) is 0 Å². The normalized spacial score (nSPS) is 18.7. The molecule has 0 amide bonds. The van der Waals surface area contributed by atoms with E-state index in [0.29, 0.717) is 11.8 Å². The zero-order valence-corrected chi connectivity index (χ0v) is 19.3. The van der Waals surface area contributed by atoms with E-state index >= 15 is 0 Å². The van der Waals surface area contributed by atoms with Crippen LogP contribution in [0.15, 0.2) is 59.7 Å². The predicted octanol–water partition coefficient (Wildman–Crippen LogP) is 4.99. The maximum atomic E-state index is 4.94.